The van der Waals surface area contributed by atoms with Gasteiger partial charge in [-0.1, -0.05) is 22.0 Å². The second kappa shape index (κ2) is 9.53. The van der Waals surface area contributed by atoms with Crippen LogP contribution in [0.2, 0.25) is 0 Å². The fraction of sp³-hybridized carbons (Fsp3) is 0.238. The molecule has 0 saturated carbocycles. The van der Waals surface area contributed by atoms with Crippen LogP contribution in [0.25, 0.3) is 11.8 Å². The van der Waals surface area contributed by atoms with E-state index in [1.54, 1.807) is 19.2 Å². The number of aryl methyl sites for hydroxylation is 1. The number of ether oxygens (including phenoxy) is 1. The van der Waals surface area contributed by atoms with Gasteiger partial charge in [0.1, 0.15) is 5.56 Å². The number of amides is 1. The molecule has 0 saturated heterocycles. The fourth-order valence-corrected chi connectivity index (χ4v) is 3.28. The van der Waals surface area contributed by atoms with Crippen LogP contribution >= 0.6 is 15.9 Å². The summed E-state index contributed by atoms with van der Waals surface area (Å²) in [5.74, 6) is -0.721. The Morgan fingerprint density at radius 2 is 2.03 bits per heavy atom. The second-order valence-electron chi connectivity index (χ2n) is 6.34. The summed E-state index contributed by atoms with van der Waals surface area (Å²) in [6.45, 7) is 6.63. The zero-order valence-corrected chi connectivity index (χ0v) is 18.5. The quantitative estimate of drug-likeness (QED) is 0.415. The van der Waals surface area contributed by atoms with Crippen molar-refractivity contribution in [3.8, 4) is 5.69 Å². The molecule has 0 aliphatic heterocycles. The highest BCUT2D eigenvalue weighted by Gasteiger charge is 2.21. The summed E-state index contributed by atoms with van der Waals surface area (Å²) in [6, 6.07) is 7.36. The maximum atomic E-state index is 12.6. The van der Waals surface area contributed by atoms with Gasteiger partial charge in [-0.05, 0) is 45.0 Å². The van der Waals surface area contributed by atoms with E-state index in [0.717, 1.165) is 22.3 Å². The van der Waals surface area contributed by atoms with Gasteiger partial charge in [0.15, 0.2) is 5.82 Å². The van der Waals surface area contributed by atoms with Crippen LogP contribution in [-0.4, -0.2) is 38.0 Å². The van der Waals surface area contributed by atoms with Crippen LogP contribution < -0.4 is 5.32 Å². The molecule has 1 aromatic carbocycles. The number of nitrogens with one attached hydrogen (secondary N) is 1. The number of carbonyl (C=O) groups excluding carboxylic acids is 2. The van der Waals surface area contributed by atoms with Gasteiger partial charge in [-0.15, -0.1) is 0 Å². The molecule has 1 N–H and O–H groups in total. The molecular formula is C21H22BrN5O3. The van der Waals surface area contributed by atoms with E-state index >= 15 is 0 Å². The lowest BCUT2D eigenvalue weighted by Gasteiger charge is -2.10. The van der Waals surface area contributed by atoms with Gasteiger partial charge in [0.2, 0.25) is 5.91 Å². The van der Waals surface area contributed by atoms with E-state index in [0.29, 0.717) is 5.69 Å². The number of hydrogen-bond donors (Lipinski definition) is 1. The van der Waals surface area contributed by atoms with Crippen molar-refractivity contribution < 1.29 is 14.3 Å². The average Bonchev–Trinajstić information content (AvgIpc) is 3.29. The third kappa shape index (κ3) is 4.68. The monoisotopic (exact) mass is 471 g/mol. The number of rotatable bonds is 7. The van der Waals surface area contributed by atoms with Crippen molar-refractivity contribution in [2.45, 2.75) is 27.3 Å². The number of carbonyl (C=O) groups is 2. The van der Waals surface area contributed by atoms with Crippen LogP contribution in [0.3, 0.4) is 0 Å². The van der Waals surface area contributed by atoms with Crippen molar-refractivity contribution in [3.05, 3.63) is 64.0 Å². The molecular weight excluding hydrogens is 450 g/mol. The Bertz CT molecular complexity index is 1100. The Morgan fingerprint density at radius 3 is 2.70 bits per heavy atom. The SMILES string of the molecule is CCOC(=O)c1cnn(-c2cccc(Br)c2)c1NC(=O)C=Cc1cnn(CC)c1C. The molecule has 0 radical (unpaired) electrons. The van der Waals surface area contributed by atoms with Crippen LogP contribution in [0, 0.1) is 6.92 Å². The lowest BCUT2D eigenvalue weighted by atomic mass is 10.2. The predicted octanol–water partition coefficient (Wildman–Crippen LogP) is 3.99. The van der Waals surface area contributed by atoms with Crippen molar-refractivity contribution in [1.82, 2.24) is 19.6 Å². The molecule has 3 rings (SSSR count). The summed E-state index contributed by atoms with van der Waals surface area (Å²) < 4.78 is 9.28. The van der Waals surface area contributed by atoms with Gasteiger partial charge in [0.25, 0.3) is 0 Å². The Labute approximate surface area is 182 Å². The summed E-state index contributed by atoms with van der Waals surface area (Å²) in [5.41, 5.74) is 2.67. The third-order valence-corrected chi connectivity index (χ3v) is 4.91. The molecule has 0 aliphatic carbocycles. The number of esters is 1. The van der Waals surface area contributed by atoms with Gasteiger partial charge in [-0.3, -0.25) is 9.48 Å². The van der Waals surface area contributed by atoms with Crippen molar-refractivity contribution >= 4 is 39.7 Å². The van der Waals surface area contributed by atoms with E-state index in [-0.39, 0.29) is 18.0 Å². The molecule has 8 nitrogen and oxygen atoms in total. The van der Waals surface area contributed by atoms with Crippen LogP contribution in [0.1, 0.15) is 35.5 Å². The van der Waals surface area contributed by atoms with Gasteiger partial charge in [-0.2, -0.15) is 10.2 Å². The smallest absolute Gasteiger partial charge is 0.343 e. The Hall–Kier alpha value is -3.20. The maximum absolute atomic E-state index is 12.6. The molecule has 0 spiro atoms. The Morgan fingerprint density at radius 1 is 1.23 bits per heavy atom. The Kier molecular flexibility index (Phi) is 6.83. The summed E-state index contributed by atoms with van der Waals surface area (Å²) in [7, 11) is 0. The minimum atomic E-state index is -0.557. The van der Waals surface area contributed by atoms with Gasteiger partial charge in [-0.25, -0.2) is 9.48 Å². The summed E-state index contributed by atoms with van der Waals surface area (Å²) >= 11 is 3.42. The molecule has 0 atom stereocenters. The first-order valence-corrected chi connectivity index (χ1v) is 10.3. The molecule has 9 heteroatoms. The van der Waals surface area contributed by atoms with Gasteiger partial charge >= 0.3 is 5.97 Å². The van der Waals surface area contributed by atoms with Crippen molar-refractivity contribution in [2.24, 2.45) is 0 Å². The number of nitrogens with zero attached hydrogens (tertiary/aromatic N) is 4. The summed E-state index contributed by atoms with van der Waals surface area (Å²) in [6.07, 6.45) is 6.18. The molecule has 156 valence electrons. The van der Waals surface area contributed by atoms with Crippen LogP contribution in [0.15, 0.2) is 47.2 Å². The highest BCUT2D eigenvalue weighted by molar-refractivity contribution is 9.10. The largest absolute Gasteiger partial charge is 0.462 e. The number of benzene rings is 1. The number of halogens is 1. The standard InChI is InChI=1S/C21H22BrN5O3/c1-4-26-14(3)15(12-23-26)9-10-19(28)25-20-18(21(29)30-5-2)13-24-27(20)17-8-6-7-16(22)11-17/h6-13H,4-5H2,1-3H3,(H,25,28). The number of anilines is 1. The number of hydrogen-bond acceptors (Lipinski definition) is 5. The van der Waals surface area contributed by atoms with Crippen LogP contribution in [0.5, 0.6) is 0 Å². The predicted molar refractivity (Wildman–Crippen MR) is 118 cm³/mol. The first kappa shape index (κ1) is 21.5. The highest BCUT2D eigenvalue weighted by atomic mass is 79.9. The van der Waals surface area contributed by atoms with Gasteiger partial charge < -0.3 is 10.1 Å². The molecule has 3 aromatic rings. The van der Waals surface area contributed by atoms with Crippen LogP contribution in [-0.2, 0) is 16.1 Å². The summed E-state index contributed by atoms with van der Waals surface area (Å²) in [4.78, 5) is 25.0. The molecule has 0 fully saturated rings. The lowest BCUT2D eigenvalue weighted by Crippen LogP contribution is -2.16. The molecule has 0 bridgehead atoms. The number of aromatic nitrogens is 4. The minimum Gasteiger partial charge on any atom is -0.462 e. The van der Waals surface area contributed by atoms with Crippen molar-refractivity contribution in [1.29, 1.82) is 0 Å². The summed E-state index contributed by atoms with van der Waals surface area (Å²) in [5, 5.41) is 11.3. The molecule has 2 aromatic heterocycles. The van der Waals surface area contributed by atoms with Crippen molar-refractivity contribution in [3.63, 3.8) is 0 Å². The molecule has 2 heterocycles. The molecule has 30 heavy (non-hydrogen) atoms. The molecule has 0 aliphatic rings. The molecule has 1 amide bonds. The first-order chi connectivity index (χ1) is 14.4. The first-order valence-electron chi connectivity index (χ1n) is 9.47. The third-order valence-electron chi connectivity index (χ3n) is 4.41. The maximum Gasteiger partial charge on any atom is 0.343 e. The van der Waals surface area contributed by atoms with Gasteiger partial charge in [0, 0.05) is 28.4 Å². The molecule has 0 unspecified atom stereocenters. The highest BCUT2D eigenvalue weighted by Crippen LogP contribution is 2.23. The zero-order chi connectivity index (χ0) is 21.7. The van der Waals surface area contributed by atoms with E-state index < -0.39 is 11.9 Å². The minimum absolute atomic E-state index is 0.175. The van der Waals surface area contributed by atoms with E-state index in [1.165, 1.54) is 17.0 Å². The average molecular weight is 472 g/mol. The van der Waals surface area contributed by atoms with E-state index in [9.17, 15) is 9.59 Å². The normalized spacial score (nSPS) is 11.1. The fourth-order valence-electron chi connectivity index (χ4n) is 2.90. The lowest BCUT2D eigenvalue weighted by molar-refractivity contribution is -0.111. The van der Waals surface area contributed by atoms with Crippen LogP contribution in [0.4, 0.5) is 5.82 Å². The van der Waals surface area contributed by atoms with E-state index in [1.807, 2.05) is 42.8 Å². The topological polar surface area (TPSA) is 91.0 Å². The van der Waals surface area contributed by atoms with Gasteiger partial charge in [0.05, 0.1) is 24.7 Å². The second-order valence-corrected chi connectivity index (χ2v) is 7.26. The van der Waals surface area contributed by atoms with E-state index in [4.69, 9.17) is 4.74 Å². The Balaban J connectivity index is 1.91. The van der Waals surface area contributed by atoms with Crippen molar-refractivity contribution in [2.75, 3.05) is 11.9 Å². The van der Waals surface area contributed by atoms with E-state index in [2.05, 4.69) is 31.4 Å². The zero-order valence-electron chi connectivity index (χ0n) is 16.9.